The number of tetrazole rings is 1. The average Bonchev–Trinajstić information content (AvgIpc) is 3.04. The van der Waals surface area contributed by atoms with E-state index in [2.05, 4.69) is 27.8 Å². The molecule has 0 radical (unpaired) electrons. The number of nitrogens with one attached hydrogen (secondary N) is 1. The number of anilines is 1. The van der Waals surface area contributed by atoms with Crippen molar-refractivity contribution in [2.75, 3.05) is 11.1 Å². The molecule has 5 nitrogen and oxygen atoms in total. The zero-order valence-corrected chi connectivity index (χ0v) is 11.3. The number of aromatic nitrogens is 4. The highest BCUT2D eigenvalue weighted by Gasteiger charge is 2.22. The van der Waals surface area contributed by atoms with Crippen LogP contribution in [0.4, 0.5) is 10.1 Å². The van der Waals surface area contributed by atoms with Crippen LogP contribution in [0.1, 0.15) is 13.3 Å². The van der Waals surface area contributed by atoms with E-state index in [9.17, 15) is 4.39 Å². The summed E-state index contributed by atoms with van der Waals surface area (Å²) in [6.07, 6.45) is 2.55. The molecule has 100 valence electrons. The Kier molecular flexibility index (Phi) is 3.37. The molecular formula is C12H14FN5S. The minimum Gasteiger partial charge on any atom is -0.379 e. The van der Waals surface area contributed by atoms with Crippen molar-refractivity contribution in [3.05, 3.63) is 30.3 Å². The SMILES string of the molecule is CC1CC(Nc2cc(-n3cnnn3)ccc2F)CS1. The van der Waals surface area contributed by atoms with Crippen LogP contribution >= 0.6 is 11.8 Å². The second-order valence-corrected chi connectivity index (χ2v) is 6.11. The lowest BCUT2D eigenvalue weighted by molar-refractivity contribution is 0.624. The third-order valence-corrected chi connectivity index (χ3v) is 4.48. The van der Waals surface area contributed by atoms with Gasteiger partial charge >= 0.3 is 0 Å². The monoisotopic (exact) mass is 279 g/mol. The Balaban J connectivity index is 1.82. The van der Waals surface area contributed by atoms with Crippen LogP contribution in [0.3, 0.4) is 0 Å². The molecule has 1 aliphatic heterocycles. The number of rotatable bonds is 3. The van der Waals surface area contributed by atoms with Crippen molar-refractivity contribution in [1.82, 2.24) is 20.2 Å². The molecule has 19 heavy (non-hydrogen) atoms. The first-order chi connectivity index (χ1) is 9.22. The molecule has 0 amide bonds. The van der Waals surface area contributed by atoms with Crippen LogP contribution in [0, 0.1) is 5.82 Å². The van der Waals surface area contributed by atoms with Crippen molar-refractivity contribution in [3.8, 4) is 5.69 Å². The van der Waals surface area contributed by atoms with Gasteiger partial charge in [0, 0.05) is 17.0 Å². The molecule has 1 aliphatic rings. The third kappa shape index (κ3) is 2.70. The summed E-state index contributed by atoms with van der Waals surface area (Å²) in [5.74, 6) is 0.761. The number of benzene rings is 1. The molecule has 0 aliphatic carbocycles. The smallest absolute Gasteiger partial charge is 0.146 e. The van der Waals surface area contributed by atoms with Crippen molar-refractivity contribution in [3.63, 3.8) is 0 Å². The highest BCUT2D eigenvalue weighted by molar-refractivity contribution is 8.00. The quantitative estimate of drug-likeness (QED) is 0.932. The Hall–Kier alpha value is -1.63. The van der Waals surface area contributed by atoms with Gasteiger partial charge in [-0.15, -0.1) is 5.10 Å². The van der Waals surface area contributed by atoms with Crippen LogP contribution in [0.25, 0.3) is 5.69 Å². The Bertz CT molecular complexity index is 559. The molecule has 2 atom stereocenters. The van der Waals surface area contributed by atoms with Crippen LogP contribution in [0.15, 0.2) is 24.5 Å². The van der Waals surface area contributed by atoms with Crippen LogP contribution < -0.4 is 5.32 Å². The molecule has 2 heterocycles. The van der Waals surface area contributed by atoms with Crippen molar-refractivity contribution >= 4 is 17.4 Å². The zero-order valence-electron chi connectivity index (χ0n) is 10.5. The Morgan fingerprint density at radius 2 is 2.37 bits per heavy atom. The van der Waals surface area contributed by atoms with E-state index in [1.807, 2.05) is 11.8 Å². The number of hydrogen-bond acceptors (Lipinski definition) is 5. The summed E-state index contributed by atoms with van der Waals surface area (Å²) in [6.45, 7) is 2.19. The molecular weight excluding hydrogens is 265 g/mol. The molecule has 0 saturated carbocycles. The summed E-state index contributed by atoms with van der Waals surface area (Å²) in [4.78, 5) is 0. The first kappa shape index (κ1) is 12.4. The largest absolute Gasteiger partial charge is 0.379 e. The average molecular weight is 279 g/mol. The summed E-state index contributed by atoms with van der Waals surface area (Å²) in [5.41, 5.74) is 1.25. The van der Waals surface area contributed by atoms with Gasteiger partial charge in [-0.05, 0) is 35.0 Å². The predicted molar refractivity (Wildman–Crippen MR) is 73.1 cm³/mol. The summed E-state index contributed by atoms with van der Waals surface area (Å²) in [5, 5.41) is 14.9. The molecule has 1 fully saturated rings. The van der Waals surface area contributed by atoms with E-state index in [4.69, 9.17) is 0 Å². The maximum absolute atomic E-state index is 13.8. The van der Waals surface area contributed by atoms with Crippen molar-refractivity contribution < 1.29 is 4.39 Å². The maximum atomic E-state index is 13.8. The summed E-state index contributed by atoms with van der Waals surface area (Å²) in [7, 11) is 0. The maximum Gasteiger partial charge on any atom is 0.146 e. The lowest BCUT2D eigenvalue weighted by Crippen LogP contribution is -2.19. The molecule has 1 aromatic heterocycles. The minimum absolute atomic E-state index is 0.249. The van der Waals surface area contributed by atoms with Crippen LogP contribution in [-0.2, 0) is 0 Å². The lowest BCUT2D eigenvalue weighted by atomic mass is 10.2. The fraction of sp³-hybridized carbons (Fsp3) is 0.417. The first-order valence-corrected chi connectivity index (χ1v) is 7.18. The summed E-state index contributed by atoms with van der Waals surface area (Å²) in [6, 6.07) is 5.14. The molecule has 1 N–H and O–H groups in total. The second kappa shape index (κ2) is 5.16. The molecule has 3 rings (SSSR count). The molecule has 2 aromatic rings. The van der Waals surface area contributed by atoms with Crippen LogP contribution in [0.5, 0.6) is 0 Å². The van der Waals surface area contributed by atoms with Gasteiger partial charge in [0.05, 0.1) is 11.4 Å². The molecule has 2 unspecified atom stereocenters. The molecule has 1 aromatic carbocycles. The van der Waals surface area contributed by atoms with Gasteiger partial charge in [0.2, 0.25) is 0 Å². The fourth-order valence-corrected chi connectivity index (χ4v) is 3.33. The van der Waals surface area contributed by atoms with E-state index in [0.717, 1.165) is 17.9 Å². The minimum atomic E-state index is -0.249. The van der Waals surface area contributed by atoms with E-state index in [0.29, 0.717) is 17.0 Å². The molecule has 7 heteroatoms. The van der Waals surface area contributed by atoms with E-state index in [1.165, 1.54) is 17.1 Å². The zero-order chi connectivity index (χ0) is 13.2. The lowest BCUT2D eigenvalue weighted by Gasteiger charge is -2.14. The van der Waals surface area contributed by atoms with Crippen molar-refractivity contribution in [2.24, 2.45) is 0 Å². The molecule has 1 saturated heterocycles. The van der Waals surface area contributed by atoms with Gasteiger partial charge in [0.1, 0.15) is 12.1 Å². The fourth-order valence-electron chi connectivity index (χ4n) is 2.18. The Morgan fingerprint density at radius 1 is 1.47 bits per heavy atom. The van der Waals surface area contributed by atoms with Crippen molar-refractivity contribution in [2.45, 2.75) is 24.6 Å². The van der Waals surface area contributed by atoms with Crippen molar-refractivity contribution in [1.29, 1.82) is 0 Å². The number of nitrogens with zero attached hydrogens (tertiary/aromatic N) is 4. The normalized spacial score (nSPS) is 22.6. The van der Waals surface area contributed by atoms with E-state index < -0.39 is 0 Å². The van der Waals surface area contributed by atoms with Crippen LogP contribution in [-0.4, -0.2) is 37.3 Å². The van der Waals surface area contributed by atoms with Gasteiger partial charge < -0.3 is 5.32 Å². The van der Waals surface area contributed by atoms with Gasteiger partial charge in [0.25, 0.3) is 0 Å². The Labute approximate surface area is 114 Å². The standard InChI is InChI=1S/C12H14FN5S/c1-8-4-9(6-19-8)15-12-5-10(2-3-11(12)13)18-7-14-16-17-18/h2-3,5,7-9,15H,4,6H2,1H3. The molecule has 0 bridgehead atoms. The van der Waals surface area contributed by atoms with E-state index >= 15 is 0 Å². The van der Waals surface area contributed by atoms with Gasteiger partial charge in [-0.25, -0.2) is 9.07 Å². The first-order valence-electron chi connectivity index (χ1n) is 6.13. The summed E-state index contributed by atoms with van der Waals surface area (Å²) < 4.78 is 15.3. The summed E-state index contributed by atoms with van der Waals surface area (Å²) >= 11 is 1.91. The van der Waals surface area contributed by atoms with Crippen LogP contribution in [0.2, 0.25) is 0 Å². The number of halogens is 1. The highest BCUT2D eigenvalue weighted by atomic mass is 32.2. The van der Waals surface area contributed by atoms with Gasteiger partial charge in [-0.1, -0.05) is 6.92 Å². The third-order valence-electron chi connectivity index (χ3n) is 3.12. The highest BCUT2D eigenvalue weighted by Crippen LogP contribution is 2.29. The number of thioether (sulfide) groups is 1. The van der Waals surface area contributed by atoms with Gasteiger partial charge in [-0.2, -0.15) is 11.8 Å². The second-order valence-electron chi connectivity index (χ2n) is 4.64. The van der Waals surface area contributed by atoms with E-state index in [-0.39, 0.29) is 5.82 Å². The topological polar surface area (TPSA) is 55.6 Å². The number of hydrogen-bond donors (Lipinski definition) is 1. The Morgan fingerprint density at radius 3 is 3.05 bits per heavy atom. The van der Waals surface area contributed by atoms with Gasteiger partial charge in [-0.3, -0.25) is 0 Å². The van der Waals surface area contributed by atoms with E-state index in [1.54, 1.807) is 12.1 Å². The predicted octanol–water partition coefficient (Wildman–Crippen LogP) is 2.11. The van der Waals surface area contributed by atoms with Gasteiger partial charge in [0.15, 0.2) is 0 Å². The molecule has 0 spiro atoms.